The van der Waals surface area contributed by atoms with Crippen LogP contribution in [0.4, 0.5) is 8.78 Å². The first-order valence-corrected chi connectivity index (χ1v) is 8.28. The zero-order valence-corrected chi connectivity index (χ0v) is 14.8. The van der Waals surface area contributed by atoms with Gasteiger partial charge in [0.25, 0.3) is 0 Å². The molecule has 0 aliphatic carbocycles. The minimum absolute atomic E-state index is 0.301. The summed E-state index contributed by atoms with van der Waals surface area (Å²) in [6.07, 6.45) is 3.48. The third-order valence-corrected chi connectivity index (χ3v) is 3.81. The van der Waals surface area contributed by atoms with E-state index in [9.17, 15) is 8.78 Å². The molecule has 1 aromatic rings. The Morgan fingerprint density at radius 1 is 1.42 bits per heavy atom. The van der Waals surface area contributed by atoms with Crippen LogP contribution < -0.4 is 5.32 Å². The van der Waals surface area contributed by atoms with Gasteiger partial charge in [0.2, 0.25) is 0 Å². The number of nitrogens with zero attached hydrogens (tertiary/aromatic N) is 3. The second-order valence-electron chi connectivity index (χ2n) is 4.95. The summed E-state index contributed by atoms with van der Waals surface area (Å²) in [5.41, 5.74) is 2.63. The number of alkyl halides is 1. The Balaban J connectivity index is 2.09. The predicted molar refractivity (Wildman–Crippen MR) is 96.8 cm³/mol. The summed E-state index contributed by atoms with van der Waals surface area (Å²) >= 11 is 3.41. The van der Waals surface area contributed by atoms with Gasteiger partial charge in [-0.15, -0.1) is 0 Å². The number of hydrogen-bond acceptors (Lipinski definition) is 4. The molecule has 24 heavy (non-hydrogen) atoms. The number of allylic oxidation sites excluding steroid dienone is 2. The van der Waals surface area contributed by atoms with Gasteiger partial charge in [-0.2, -0.15) is 5.10 Å². The lowest BCUT2D eigenvalue weighted by Crippen LogP contribution is -2.26. The molecule has 1 N–H and O–H groups in total. The fraction of sp³-hybridized carbons (Fsp3) is 0.176. The predicted octanol–water partition coefficient (Wildman–Crippen LogP) is 4.08. The summed E-state index contributed by atoms with van der Waals surface area (Å²) in [6, 6.07) is 3.75. The maximum absolute atomic E-state index is 13.2. The summed E-state index contributed by atoms with van der Waals surface area (Å²) in [4.78, 5) is 4.37. The van der Waals surface area contributed by atoms with Crippen LogP contribution in [-0.2, 0) is 6.54 Å². The lowest BCUT2D eigenvalue weighted by atomic mass is 10.2. The van der Waals surface area contributed by atoms with Crippen LogP contribution in [0.1, 0.15) is 12.5 Å². The zero-order chi connectivity index (χ0) is 17.7. The minimum atomic E-state index is -0.877. The van der Waals surface area contributed by atoms with E-state index >= 15 is 0 Å². The molecule has 7 heteroatoms. The maximum Gasteiger partial charge on any atom is 0.159 e. The number of benzene rings is 1. The van der Waals surface area contributed by atoms with E-state index in [1.807, 2.05) is 6.08 Å². The van der Waals surface area contributed by atoms with Crippen LogP contribution in [0.15, 0.2) is 64.7 Å². The zero-order valence-electron chi connectivity index (χ0n) is 13.2. The molecular formula is C17H17BrF2N4. The highest BCUT2D eigenvalue weighted by molar-refractivity contribution is 9.09. The molecule has 0 fully saturated rings. The van der Waals surface area contributed by atoms with Crippen molar-refractivity contribution in [1.82, 2.24) is 10.3 Å². The van der Waals surface area contributed by atoms with Crippen LogP contribution in [0.3, 0.4) is 0 Å². The molecule has 1 aliphatic heterocycles. The average Bonchev–Trinajstić information content (AvgIpc) is 2.57. The Morgan fingerprint density at radius 3 is 2.79 bits per heavy atom. The van der Waals surface area contributed by atoms with E-state index in [0.717, 1.165) is 17.8 Å². The van der Waals surface area contributed by atoms with Crippen molar-refractivity contribution >= 4 is 27.9 Å². The molecule has 0 amide bonds. The third kappa shape index (κ3) is 4.17. The Labute approximate surface area is 148 Å². The van der Waals surface area contributed by atoms with Gasteiger partial charge in [0.05, 0.1) is 17.1 Å². The van der Waals surface area contributed by atoms with Crippen molar-refractivity contribution in [2.45, 2.75) is 13.5 Å². The largest absolute Gasteiger partial charge is 0.380 e. The molecule has 0 saturated carbocycles. The molecule has 1 aromatic carbocycles. The summed E-state index contributed by atoms with van der Waals surface area (Å²) in [5, 5.41) is 9.45. The van der Waals surface area contributed by atoms with E-state index < -0.39 is 11.6 Å². The Bertz CT molecular complexity index is 753. The molecule has 0 saturated heterocycles. The van der Waals surface area contributed by atoms with E-state index in [0.29, 0.717) is 34.7 Å². The van der Waals surface area contributed by atoms with Gasteiger partial charge in [0.1, 0.15) is 5.82 Å². The second kappa shape index (κ2) is 8.01. The Kier molecular flexibility index (Phi) is 6.03. The van der Waals surface area contributed by atoms with Crippen molar-refractivity contribution < 1.29 is 8.78 Å². The number of rotatable bonds is 6. The second-order valence-corrected chi connectivity index (χ2v) is 5.51. The molecule has 0 aromatic heterocycles. The van der Waals surface area contributed by atoms with Gasteiger partial charge in [0.15, 0.2) is 11.6 Å². The van der Waals surface area contributed by atoms with E-state index in [1.54, 1.807) is 18.1 Å². The SMILES string of the molecule is C=C(NCc1ccc(F)c(F)c1)C1=NC(=C)N(/N=C\C)C(CBr)=C1. The smallest absolute Gasteiger partial charge is 0.159 e. The van der Waals surface area contributed by atoms with Gasteiger partial charge < -0.3 is 5.32 Å². The van der Waals surface area contributed by atoms with Crippen molar-refractivity contribution in [3.63, 3.8) is 0 Å². The molecule has 0 bridgehead atoms. The molecule has 0 atom stereocenters. The minimum Gasteiger partial charge on any atom is -0.380 e. The molecule has 0 radical (unpaired) electrons. The van der Waals surface area contributed by atoms with E-state index in [4.69, 9.17) is 0 Å². The van der Waals surface area contributed by atoms with Crippen LogP contribution >= 0.6 is 15.9 Å². The molecule has 0 spiro atoms. The summed E-state index contributed by atoms with van der Waals surface area (Å²) < 4.78 is 26.2. The van der Waals surface area contributed by atoms with Crippen LogP contribution in [0, 0.1) is 11.6 Å². The Morgan fingerprint density at radius 2 is 2.17 bits per heavy atom. The molecule has 1 heterocycles. The molecule has 0 unspecified atom stereocenters. The summed E-state index contributed by atoms with van der Waals surface area (Å²) in [5.74, 6) is -1.28. The van der Waals surface area contributed by atoms with Gasteiger partial charge in [-0.3, -0.25) is 0 Å². The number of halogens is 3. The topological polar surface area (TPSA) is 40.0 Å². The fourth-order valence-corrected chi connectivity index (χ4v) is 2.46. The highest BCUT2D eigenvalue weighted by Crippen LogP contribution is 2.22. The fourth-order valence-electron chi connectivity index (χ4n) is 2.06. The van der Waals surface area contributed by atoms with E-state index in [2.05, 4.69) is 44.5 Å². The molecule has 1 aliphatic rings. The highest BCUT2D eigenvalue weighted by Gasteiger charge is 2.18. The standard InChI is InChI=1S/C17H17BrF2N4/c1-4-22-24-12(3)23-17(8-14(24)9-18)11(2)21-10-13-5-6-15(19)16(20)7-13/h4-8,21H,2-3,9-10H2,1H3/b22-4-. The van der Waals surface area contributed by atoms with E-state index in [1.165, 1.54) is 6.07 Å². The lowest BCUT2D eigenvalue weighted by molar-refractivity contribution is 0.454. The number of hydrazone groups is 1. The first kappa shape index (κ1) is 18.1. The van der Waals surface area contributed by atoms with Gasteiger partial charge in [0, 0.05) is 18.1 Å². The Hall–Kier alpha value is -2.28. The quantitative estimate of drug-likeness (QED) is 0.583. The van der Waals surface area contributed by atoms with Gasteiger partial charge in [-0.1, -0.05) is 35.2 Å². The average molecular weight is 395 g/mol. The first-order chi connectivity index (χ1) is 11.5. The lowest BCUT2D eigenvalue weighted by Gasteiger charge is -2.25. The summed E-state index contributed by atoms with van der Waals surface area (Å²) in [7, 11) is 0. The number of hydrogen-bond donors (Lipinski definition) is 1. The molecule has 126 valence electrons. The van der Waals surface area contributed by atoms with E-state index in [-0.39, 0.29) is 0 Å². The molecule has 4 nitrogen and oxygen atoms in total. The van der Waals surface area contributed by atoms with Gasteiger partial charge in [-0.25, -0.2) is 18.8 Å². The third-order valence-electron chi connectivity index (χ3n) is 3.24. The van der Waals surface area contributed by atoms with Gasteiger partial charge in [-0.05, 0) is 30.7 Å². The molecule has 2 rings (SSSR count). The van der Waals surface area contributed by atoms with Crippen LogP contribution in [-0.4, -0.2) is 22.3 Å². The normalized spacial score (nSPS) is 14.7. The van der Waals surface area contributed by atoms with Crippen LogP contribution in [0.2, 0.25) is 0 Å². The van der Waals surface area contributed by atoms with Crippen molar-refractivity contribution in [3.05, 3.63) is 71.8 Å². The highest BCUT2D eigenvalue weighted by atomic mass is 79.9. The van der Waals surface area contributed by atoms with Crippen molar-refractivity contribution in [1.29, 1.82) is 0 Å². The first-order valence-electron chi connectivity index (χ1n) is 7.16. The summed E-state index contributed by atoms with van der Waals surface area (Å²) in [6.45, 7) is 9.94. The van der Waals surface area contributed by atoms with Crippen molar-refractivity contribution in [2.75, 3.05) is 5.33 Å². The number of aliphatic imine (C=N–C) groups is 1. The van der Waals surface area contributed by atoms with Gasteiger partial charge >= 0.3 is 0 Å². The number of nitrogens with one attached hydrogen (secondary N) is 1. The molecular weight excluding hydrogens is 378 g/mol. The van der Waals surface area contributed by atoms with Crippen molar-refractivity contribution in [3.8, 4) is 0 Å². The van der Waals surface area contributed by atoms with Crippen LogP contribution in [0.5, 0.6) is 0 Å². The monoisotopic (exact) mass is 394 g/mol. The maximum atomic E-state index is 13.2. The van der Waals surface area contributed by atoms with Crippen molar-refractivity contribution in [2.24, 2.45) is 10.1 Å². The van der Waals surface area contributed by atoms with Crippen LogP contribution in [0.25, 0.3) is 0 Å².